The van der Waals surface area contributed by atoms with Crippen LogP contribution in [-0.2, 0) is 21.2 Å². The first kappa shape index (κ1) is 26.6. The van der Waals surface area contributed by atoms with E-state index in [0.29, 0.717) is 24.2 Å². The Bertz CT molecular complexity index is 1470. The first-order valence-electron chi connectivity index (χ1n) is 11.8. The number of aliphatic carboxylic acids is 1. The number of amides is 2. The maximum absolute atomic E-state index is 13.0. The number of sulfonamides is 1. The molecule has 196 valence electrons. The Morgan fingerprint density at radius 1 is 0.947 bits per heavy atom. The summed E-state index contributed by atoms with van der Waals surface area (Å²) in [6, 6.07) is 20.7. The van der Waals surface area contributed by atoms with Crippen molar-refractivity contribution in [3.05, 3.63) is 103 Å². The Balaban J connectivity index is 1.41. The molecule has 5 N–H and O–H groups in total. The number of hydrogen-bond donors (Lipinski definition) is 5. The van der Waals surface area contributed by atoms with Crippen LogP contribution in [0.5, 0.6) is 0 Å². The molecule has 4 rings (SSSR count). The van der Waals surface area contributed by atoms with Gasteiger partial charge in [-0.25, -0.2) is 22.9 Å². The van der Waals surface area contributed by atoms with Gasteiger partial charge in [-0.1, -0.05) is 54.6 Å². The van der Waals surface area contributed by atoms with Crippen LogP contribution in [0.15, 0.2) is 96.3 Å². The summed E-state index contributed by atoms with van der Waals surface area (Å²) in [5, 5.41) is 14.8. The highest BCUT2D eigenvalue weighted by atomic mass is 32.2. The van der Waals surface area contributed by atoms with Crippen molar-refractivity contribution in [3.8, 4) is 11.1 Å². The molecule has 1 heterocycles. The van der Waals surface area contributed by atoms with Gasteiger partial charge < -0.3 is 20.7 Å². The average molecular weight is 534 g/mol. The minimum atomic E-state index is -3.99. The number of urea groups is 1. The third kappa shape index (κ3) is 7.28. The second-order valence-corrected chi connectivity index (χ2v) is 10.2. The third-order valence-electron chi connectivity index (χ3n) is 5.73. The fourth-order valence-electron chi connectivity index (χ4n) is 3.85. The molecule has 10 nitrogen and oxygen atoms in total. The molecule has 0 bridgehead atoms. The van der Waals surface area contributed by atoms with Gasteiger partial charge in [0.15, 0.2) is 0 Å². The van der Waals surface area contributed by atoms with E-state index in [2.05, 4.69) is 25.3 Å². The molecule has 11 heteroatoms. The Morgan fingerprint density at radius 2 is 1.71 bits per heavy atom. The highest BCUT2D eigenvalue weighted by molar-refractivity contribution is 7.89. The van der Waals surface area contributed by atoms with Gasteiger partial charge in [-0.05, 0) is 41.0 Å². The van der Waals surface area contributed by atoms with Gasteiger partial charge in [0.1, 0.15) is 0 Å². The number of carbonyl (C=O) groups is 2. The number of carboxylic acids is 1. The van der Waals surface area contributed by atoms with E-state index in [9.17, 15) is 23.1 Å². The van der Waals surface area contributed by atoms with Gasteiger partial charge in [0.25, 0.3) is 0 Å². The SMILES string of the molecule is O=C(O)CC(NS(=O)(=O)c1ccc(-c2cccc(NC(=O)NCCc3cnc[nH]3)c2)cc1)c1ccccc1. The lowest BCUT2D eigenvalue weighted by molar-refractivity contribution is -0.137. The van der Waals surface area contributed by atoms with E-state index in [1.165, 1.54) is 12.1 Å². The van der Waals surface area contributed by atoms with Crippen LogP contribution < -0.4 is 15.4 Å². The first-order chi connectivity index (χ1) is 18.3. The number of benzene rings is 3. The molecule has 0 aliphatic carbocycles. The van der Waals surface area contributed by atoms with Crippen molar-refractivity contribution in [2.24, 2.45) is 0 Å². The number of aromatic nitrogens is 2. The summed E-state index contributed by atoms with van der Waals surface area (Å²) >= 11 is 0. The van der Waals surface area contributed by atoms with Gasteiger partial charge in [-0.15, -0.1) is 0 Å². The predicted molar refractivity (Wildman–Crippen MR) is 143 cm³/mol. The number of carbonyl (C=O) groups excluding carboxylic acids is 1. The second-order valence-electron chi connectivity index (χ2n) is 8.50. The van der Waals surface area contributed by atoms with Crippen molar-refractivity contribution in [2.45, 2.75) is 23.8 Å². The van der Waals surface area contributed by atoms with Gasteiger partial charge in [-0.2, -0.15) is 0 Å². The standard InChI is InChI=1S/C27H27N5O5S/c33-26(34)16-25(20-5-2-1-3-6-20)32-38(36,37)24-11-9-19(10-12-24)21-7-4-8-22(15-21)31-27(35)29-14-13-23-17-28-18-30-23/h1-12,15,17-18,25,32H,13-14,16H2,(H,28,30)(H,33,34)(H2,29,31,35). The van der Waals surface area contributed by atoms with E-state index in [1.54, 1.807) is 73.2 Å². The van der Waals surface area contributed by atoms with Crippen LogP contribution >= 0.6 is 0 Å². The van der Waals surface area contributed by atoms with E-state index < -0.39 is 28.5 Å². The number of H-pyrrole nitrogens is 1. The molecule has 3 aromatic carbocycles. The van der Waals surface area contributed by atoms with E-state index in [1.807, 2.05) is 6.07 Å². The number of hydrogen-bond acceptors (Lipinski definition) is 5. The Morgan fingerprint density at radius 3 is 2.39 bits per heavy atom. The molecule has 0 radical (unpaired) electrons. The zero-order chi connectivity index (χ0) is 27.0. The largest absolute Gasteiger partial charge is 0.481 e. The molecule has 0 spiro atoms. The van der Waals surface area contributed by atoms with E-state index in [-0.39, 0.29) is 10.9 Å². The number of aromatic amines is 1. The van der Waals surface area contributed by atoms with Gasteiger partial charge in [0, 0.05) is 30.5 Å². The lowest BCUT2D eigenvalue weighted by Crippen LogP contribution is -2.30. The molecule has 0 fully saturated rings. The number of nitrogens with one attached hydrogen (secondary N) is 4. The number of imidazole rings is 1. The van der Waals surface area contributed by atoms with Crippen molar-refractivity contribution >= 4 is 27.7 Å². The van der Waals surface area contributed by atoms with Crippen LogP contribution in [-0.4, -0.2) is 42.0 Å². The monoisotopic (exact) mass is 533 g/mol. The Kier molecular flexibility index (Phi) is 8.51. The molecule has 1 atom stereocenters. The van der Waals surface area contributed by atoms with Crippen molar-refractivity contribution in [1.82, 2.24) is 20.0 Å². The molecule has 38 heavy (non-hydrogen) atoms. The van der Waals surface area contributed by atoms with Gasteiger partial charge in [-0.3, -0.25) is 4.79 Å². The molecule has 1 aromatic heterocycles. The average Bonchev–Trinajstić information content (AvgIpc) is 3.42. The van der Waals surface area contributed by atoms with Crippen LogP contribution in [0.1, 0.15) is 23.7 Å². The third-order valence-corrected chi connectivity index (χ3v) is 7.22. The topological polar surface area (TPSA) is 153 Å². The van der Waals surface area contributed by atoms with Crippen LogP contribution in [0.25, 0.3) is 11.1 Å². The summed E-state index contributed by atoms with van der Waals surface area (Å²) in [6.45, 7) is 0.440. The van der Waals surface area contributed by atoms with Crippen LogP contribution in [0.2, 0.25) is 0 Å². The first-order valence-corrected chi connectivity index (χ1v) is 13.3. The number of rotatable bonds is 11. The summed E-state index contributed by atoms with van der Waals surface area (Å²) in [4.78, 5) is 30.5. The second kappa shape index (κ2) is 12.2. The van der Waals surface area contributed by atoms with E-state index in [4.69, 9.17) is 0 Å². The minimum absolute atomic E-state index is 0.0125. The van der Waals surface area contributed by atoms with Crippen LogP contribution in [0.3, 0.4) is 0 Å². The quantitative estimate of drug-likeness (QED) is 0.197. The maximum atomic E-state index is 13.0. The van der Waals surface area contributed by atoms with Crippen LogP contribution in [0, 0.1) is 0 Å². The maximum Gasteiger partial charge on any atom is 0.319 e. The summed E-state index contributed by atoms with van der Waals surface area (Å²) in [6.07, 6.45) is 3.52. The zero-order valence-corrected chi connectivity index (χ0v) is 21.1. The molecule has 2 amide bonds. The summed E-state index contributed by atoms with van der Waals surface area (Å²) in [5.41, 5.74) is 3.59. The molecular formula is C27H27N5O5S. The molecule has 0 aliphatic rings. The molecule has 0 aliphatic heterocycles. The number of anilines is 1. The summed E-state index contributed by atoms with van der Waals surface area (Å²) < 4.78 is 28.5. The highest BCUT2D eigenvalue weighted by Gasteiger charge is 2.23. The Labute approximate surface area is 220 Å². The fourth-order valence-corrected chi connectivity index (χ4v) is 5.08. The van der Waals surface area contributed by atoms with Gasteiger partial charge in [0.05, 0.1) is 23.7 Å². The smallest absolute Gasteiger partial charge is 0.319 e. The molecule has 1 unspecified atom stereocenters. The van der Waals surface area contributed by atoms with E-state index in [0.717, 1.165) is 16.8 Å². The van der Waals surface area contributed by atoms with Gasteiger partial charge in [0.2, 0.25) is 10.0 Å². The lowest BCUT2D eigenvalue weighted by Gasteiger charge is -2.18. The zero-order valence-electron chi connectivity index (χ0n) is 20.3. The summed E-state index contributed by atoms with van der Waals surface area (Å²) in [5.74, 6) is -1.11. The normalized spacial score (nSPS) is 12.0. The lowest BCUT2D eigenvalue weighted by atomic mass is 10.1. The molecule has 4 aromatic rings. The van der Waals surface area contributed by atoms with Crippen molar-refractivity contribution in [1.29, 1.82) is 0 Å². The number of nitrogens with zero attached hydrogens (tertiary/aromatic N) is 1. The van der Waals surface area contributed by atoms with Crippen molar-refractivity contribution in [3.63, 3.8) is 0 Å². The predicted octanol–water partition coefficient (Wildman–Crippen LogP) is 3.94. The highest BCUT2D eigenvalue weighted by Crippen LogP contribution is 2.25. The minimum Gasteiger partial charge on any atom is -0.481 e. The van der Waals surface area contributed by atoms with Crippen molar-refractivity contribution in [2.75, 3.05) is 11.9 Å². The molecular weight excluding hydrogens is 506 g/mol. The van der Waals surface area contributed by atoms with Gasteiger partial charge >= 0.3 is 12.0 Å². The fraction of sp³-hybridized carbons (Fsp3) is 0.148. The summed E-state index contributed by atoms with van der Waals surface area (Å²) in [7, 11) is -3.99. The molecule has 0 saturated heterocycles. The van der Waals surface area contributed by atoms with Crippen LogP contribution in [0.4, 0.5) is 10.5 Å². The van der Waals surface area contributed by atoms with Crippen molar-refractivity contribution < 1.29 is 23.1 Å². The Hall–Kier alpha value is -4.48. The number of carboxylic acid groups (broad SMARTS) is 1. The molecule has 0 saturated carbocycles. The van der Waals surface area contributed by atoms with E-state index >= 15 is 0 Å².